The van der Waals surface area contributed by atoms with Crippen LogP contribution in [0.25, 0.3) is 0 Å². The van der Waals surface area contributed by atoms with Crippen molar-refractivity contribution in [2.75, 3.05) is 11.9 Å². The third-order valence-corrected chi connectivity index (χ3v) is 3.12. The van der Waals surface area contributed by atoms with Crippen LogP contribution < -0.4 is 5.32 Å². The third kappa shape index (κ3) is 4.69. The van der Waals surface area contributed by atoms with Gasteiger partial charge in [-0.3, -0.25) is 0 Å². The Morgan fingerprint density at radius 3 is 2.38 bits per heavy atom. The molecule has 1 rings (SSSR count). The van der Waals surface area contributed by atoms with Crippen LogP contribution in [0.15, 0.2) is 24.3 Å². The molecule has 0 aliphatic rings. The minimum absolute atomic E-state index is 0.750. The molecule has 0 fully saturated rings. The Hall–Kier alpha value is -0.980. The highest BCUT2D eigenvalue weighted by molar-refractivity contribution is 5.44. The number of unbranched alkanes of at least 4 members (excludes halogenated alkanes) is 1. The fraction of sp³-hybridized carbons (Fsp3) is 0.600. The maximum atomic E-state index is 3.48. The molecule has 0 radical (unpaired) electrons. The van der Waals surface area contributed by atoms with Crippen LogP contribution >= 0.6 is 0 Å². The normalized spacial score (nSPS) is 12.4. The molecule has 1 atom stereocenters. The van der Waals surface area contributed by atoms with Crippen molar-refractivity contribution in [1.82, 2.24) is 0 Å². The summed E-state index contributed by atoms with van der Waals surface area (Å²) >= 11 is 0. The number of anilines is 1. The summed E-state index contributed by atoms with van der Waals surface area (Å²) in [4.78, 5) is 0. The van der Waals surface area contributed by atoms with Crippen LogP contribution in [0.5, 0.6) is 0 Å². The number of rotatable bonds is 7. The molecule has 0 bridgehead atoms. The Morgan fingerprint density at radius 1 is 1.12 bits per heavy atom. The molecule has 0 aromatic heterocycles. The number of aryl methyl sites for hydroxylation is 1. The lowest BCUT2D eigenvalue weighted by Gasteiger charge is -2.11. The average Bonchev–Trinajstić information content (AvgIpc) is 2.34. The van der Waals surface area contributed by atoms with Gasteiger partial charge >= 0.3 is 0 Å². The fourth-order valence-corrected chi connectivity index (χ4v) is 1.61. The second kappa shape index (κ2) is 7.32. The number of nitrogens with one attached hydrogen (secondary N) is 1. The van der Waals surface area contributed by atoms with Gasteiger partial charge in [0.2, 0.25) is 0 Å². The van der Waals surface area contributed by atoms with E-state index in [-0.39, 0.29) is 0 Å². The molecule has 90 valence electrons. The van der Waals surface area contributed by atoms with Crippen LogP contribution in [0, 0.1) is 5.92 Å². The van der Waals surface area contributed by atoms with E-state index >= 15 is 0 Å². The van der Waals surface area contributed by atoms with Gasteiger partial charge in [0.25, 0.3) is 0 Å². The molecule has 16 heavy (non-hydrogen) atoms. The van der Waals surface area contributed by atoms with Crippen molar-refractivity contribution < 1.29 is 0 Å². The molecule has 1 N–H and O–H groups in total. The van der Waals surface area contributed by atoms with E-state index in [4.69, 9.17) is 0 Å². The fourth-order valence-electron chi connectivity index (χ4n) is 1.61. The van der Waals surface area contributed by atoms with E-state index in [2.05, 4.69) is 50.4 Å². The van der Waals surface area contributed by atoms with Crippen LogP contribution in [0.3, 0.4) is 0 Å². The van der Waals surface area contributed by atoms with E-state index < -0.39 is 0 Å². The van der Waals surface area contributed by atoms with Crippen LogP contribution in [-0.4, -0.2) is 6.54 Å². The minimum atomic E-state index is 0.750. The lowest BCUT2D eigenvalue weighted by molar-refractivity contribution is 0.593. The molecular formula is C15H25N. The zero-order chi connectivity index (χ0) is 11.8. The molecule has 1 aromatic rings. The first-order valence-electron chi connectivity index (χ1n) is 6.59. The first kappa shape index (κ1) is 13.1. The molecule has 0 amide bonds. The highest BCUT2D eigenvalue weighted by atomic mass is 14.9. The SMILES string of the molecule is CCCCc1ccc(NCC(C)CC)cc1. The summed E-state index contributed by atoms with van der Waals surface area (Å²) < 4.78 is 0. The van der Waals surface area contributed by atoms with Crippen LogP contribution in [-0.2, 0) is 6.42 Å². The van der Waals surface area contributed by atoms with Crippen LogP contribution in [0.4, 0.5) is 5.69 Å². The Bertz CT molecular complexity index is 276. The Kier molecular flexibility index (Phi) is 5.99. The quantitative estimate of drug-likeness (QED) is 0.712. The van der Waals surface area contributed by atoms with Gasteiger partial charge in [0.05, 0.1) is 0 Å². The number of hydrogen-bond acceptors (Lipinski definition) is 1. The molecule has 0 aliphatic heterocycles. The van der Waals surface area contributed by atoms with Gasteiger partial charge in [0.15, 0.2) is 0 Å². The van der Waals surface area contributed by atoms with E-state index in [1.807, 2.05) is 0 Å². The van der Waals surface area contributed by atoms with Gasteiger partial charge in [-0.15, -0.1) is 0 Å². The van der Waals surface area contributed by atoms with E-state index in [9.17, 15) is 0 Å². The van der Waals surface area contributed by atoms with E-state index in [0.717, 1.165) is 12.5 Å². The maximum Gasteiger partial charge on any atom is 0.0340 e. The van der Waals surface area contributed by atoms with Crippen LogP contribution in [0.1, 0.15) is 45.6 Å². The standard InChI is InChI=1S/C15H25N/c1-4-6-7-14-8-10-15(11-9-14)16-12-13(3)5-2/h8-11,13,16H,4-7,12H2,1-3H3. The summed E-state index contributed by atoms with van der Waals surface area (Å²) in [5.74, 6) is 0.750. The van der Waals surface area contributed by atoms with E-state index in [1.54, 1.807) is 0 Å². The molecule has 0 aliphatic carbocycles. The second-order valence-corrected chi connectivity index (χ2v) is 4.69. The summed E-state index contributed by atoms with van der Waals surface area (Å²) in [5, 5.41) is 3.48. The highest BCUT2D eigenvalue weighted by Gasteiger charge is 1.98. The molecular weight excluding hydrogens is 194 g/mol. The van der Waals surface area contributed by atoms with Crippen molar-refractivity contribution in [3.05, 3.63) is 29.8 Å². The van der Waals surface area contributed by atoms with Gasteiger partial charge < -0.3 is 5.32 Å². The predicted molar refractivity (Wildman–Crippen MR) is 73.0 cm³/mol. The van der Waals surface area contributed by atoms with Crippen molar-refractivity contribution in [3.8, 4) is 0 Å². The van der Waals surface area contributed by atoms with E-state index in [1.165, 1.54) is 36.9 Å². The van der Waals surface area contributed by atoms with Crippen molar-refractivity contribution >= 4 is 5.69 Å². The highest BCUT2D eigenvalue weighted by Crippen LogP contribution is 2.12. The zero-order valence-corrected chi connectivity index (χ0v) is 10.9. The maximum absolute atomic E-state index is 3.48. The Labute approximate surface area is 100 Å². The Balaban J connectivity index is 2.38. The molecule has 1 nitrogen and oxygen atoms in total. The predicted octanol–water partition coefficient (Wildman–Crippen LogP) is 4.49. The monoisotopic (exact) mass is 219 g/mol. The molecule has 1 unspecified atom stereocenters. The van der Waals surface area contributed by atoms with Gasteiger partial charge in [-0.25, -0.2) is 0 Å². The smallest absolute Gasteiger partial charge is 0.0340 e. The van der Waals surface area contributed by atoms with Gasteiger partial charge in [0, 0.05) is 12.2 Å². The summed E-state index contributed by atoms with van der Waals surface area (Å²) in [6.45, 7) is 7.83. The van der Waals surface area contributed by atoms with Crippen molar-refractivity contribution in [2.45, 2.75) is 46.5 Å². The molecule has 0 spiro atoms. The summed E-state index contributed by atoms with van der Waals surface area (Å²) in [6.07, 6.45) is 5.01. The van der Waals surface area contributed by atoms with Gasteiger partial charge in [-0.2, -0.15) is 0 Å². The Morgan fingerprint density at radius 2 is 1.81 bits per heavy atom. The summed E-state index contributed by atoms with van der Waals surface area (Å²) in [6, 6.07) is 8.89. The van der Waals surface area contributed by atoms with Crippen molar-refractivity contribution in [3.63, 3.8) is 0 Å². The minimum Gasteiger partial charge on any atom is -0.385 e. The summed E-state index contributed by atoms with van der Waals surface area (Å²) in [5.41, 5.74) is 2.71. The van der Waals surface area contributed by atoms with E-state index in [0.29, 0.717) is 0 Å². The molecule has 1 aromatic carbocycles. The molecule has 0 saturated carbocycles. The van der Waals surface area contributed by atoms with Crippen LogP contribution in [0.2, 0.25) is 0 Å². The first-order valence-corrected chi connectivity index (χ1v) is 6.59. The van der Waals surface area contributed by atoms with Gasteiger partial charge in [0.1, 0.15) is 0 Å². The second-order valence-electron chi connectivity index (χ2n) is 4.69. The first-order chi connectivity index (χ1) is 7.76. The zero-order valence-electron chi connectivity index (χ0n) is 10.9. The third-order valence-electron chi connectivity index (χ3n) is 3.12. The summed E-state index contributed by atoms with van der Waals surface area (Å²) in [7, 11) is 0. The topological polar surface area (TPSA) is 12.0 Å². The number of hydrogen-bond donors (Lipinski definition) is 1. The van der Waals surface area contributed by atoms with Crippen molar-refractivity contribution in [1.29, 1.82) is 0 Å². The number of benzene rings is 1. The van der Waals surface area contributed by atoms with Gasteiger partial charge in [-0.1, -0.05) is 45.7 Å². The van der Waals surface area contributed by atoms with Crippen molar-refractivity contribution in [2.24, 2.45) is 5.92 Å². The lowest BCUT2D eigenvalue weighted by Crippen LogP contribution is -2.10. The molecule has 0 saturated heterocycles. The lowest BCUT2D eigenvalue weighted by atomic mass is 10.1. The van der Waals surface area contributed by atoms with Gasteiger partial charge in [-0.05, 0) is 36.5 Å². The average molecular weight is 219 g/mol. The largest absolute Gasteiger partial charge is 0.385 e. The molecule has 0 heterocycles. The molecule has 1 heteroatoms.